The molecule has 236 valence electrons. The molecular weight excluding hydrogens is 520 g/mol. The average molecular weight is 583 g/mol. The fourth-order valence-corrected chi connectivity index (χ4v) is 7.00. The summed E-state index contributed by atoms with van der Waals surface area (Å²) in [4.78, 5) is 0. The Bertz CT molecular complexity index is 1230. The number of rotatable bonds is 19. The third kappa shape index (κ3) is 8.80. The van der Waals surface area contributed by atoms with Gasteiger partial charge in [-0.2, -0.15) is 0 Å². The first-order valence-corrected chi connectivity index (χ1v) is 18.0. The van der Waals surface area contributed by atoms with E-state index < -0.39 is 0 Å². The van der Waals surface area contributed by atoms with E-state index in [-0.39, 0.29) is 0 Å². The van der Waals surface area contributed by atoms with E-state index in [9.17, 15) is 5.53 Å². The van der Waals surface area contributed by atoms with Crippen LogP contribution in [0, 0.1) is 20.8 Å². The maximum absolute atomic E-state index is 12.2. The van der Waals surface area contributed by atoms with Crippen molar-refractivity contribution in [2.75, 3.05) is 0 Å². The molecule has 2 heteroatoms. The van der Waals surface area contributed by atoms with E-state index in [1.165, 1.54) is 122 Å². The second-order valence-electron chi connectivity index (χ2n) is 13.2. The summed E-state index contributed by atoms with van der Waals surface area (Å²) in [6.07, 6.45) is 20.3. The quantitative estimate of drug-likeness (QED) is 0.116. The summed E-state index contributed by atoms with van der Waals surface area (Å²) < 4.78 is 1.60. The molecule has 3 rings (SSSR count). The fraction of sp³-hybridized carbons (Fsp3) is 0.610. The molecule has 0 atom stereocenters. The number of benzene rings is 2. The van der Waals surface area contributed by atoms with Crippen molar-refractivity contribution in [1.29, 1.82) is 0 Å². The molecular formula is C41H62N2. The molecule has 0 saturated heterocycles. The van der Waals surface area contributed by atoms with Crippen LogP contribution in [0.4, 0.5) is 0 Å². The molecule has 0 unspecified atom stereocenters. The second-order valence-corrected chi connectivity index (χ2v) is 13.2. The molecule has 0 aromatic heterocycles. The molecule has 2 aromatic rings. The molecule has 0 saturated carbocycles. The van der Waals surface area contributed by atoms with Crippen molar-refractivity contribution in [2.24, 2.45) is 0 Å². The lowest BCUT2D eigenvalue weighted by Gasteiger charge is -2.19. The van der Waals surface area contributed by atoms with Gasteiger partial charge in [-0.1, -0.05) is 86.0 Å². The molecule has 0 bridgehead atoms. The molecule has 1 heterocycles. The van der Waals surface area contributed by atoms with Gasteiger partial charge < -0.3 is 5.53 Å². The van der Waals surface area contributed by atoms with Crippen molar-refractivity contribution in [3.63, 3.8) is 0 Å². The van der Waals surface area contributed by atoms with Crippen LogP contribution < -0.4 is 0 Å². The lowest BCUT2D eigenvalue weighted by atomic mass is 9.86. The number of hydrogen-bond donors (Lipinski definition) is 0. The molecule has 0 radical (unpaired) electrons. The highest BCUT2D eigenvalue weighted by atomic mass is 15.2. The van der Waals surface area contributed by atoms with Gasteiger partial charge in [-0.05, 0) is 136 Å². The van der Waals surface area contributed by atoms with Crippen molar-refractivity contribution in [1.82, 2.24) is 0 Å². The van der Waals surface area contributed by atoms with E-state index in [1.54, 1.807) is 10.3 Å². The summed E-state index contributed by atoms with van der Waals surface area (Å²) in [5.74, 6) is 0. The van der Waals surface area contributed by atoms with Crippen LogP contribution >= 0.6 is 0 Å². The van der Waals surface area contributed by atoms with Gasteiger partial charge in [0.2, 0.25) is 11.4 Å². The first-order valence-electron chi connectivity index (χ1n) is 18.0. The Labute approximate surface area is 265 Å². The van der Waals surface area contributed by atoms with Gasteiger partial charge in [-0.15, -0.1) is 0 Å². The zero-order chi connectivity index (χ0) is 31.4. The highest BCUT2D eigenvalue weighted by Gasteiger charge is 2.35. The van der Waals surface area contributed by atoms with Crippen LogP contribution in [0.1, 0.15) is 169 Å². The van der Waals surface area contributed by atoms with Gasteiger partial charge >= 0.3 is 0 Å². The summed E-state index contributed by atoms with van der Waals surface area (Å²) in [6, 6.07) is 9.54. The van der Waals surface area contributed by atoms with Crippen LogP contribution in [0.2, 0.25) is 0 Å². The topological polar surface area (TPSA) is 25.3 Å². The van der Waals surface area contributed by atoms with E-state index in [1.807, 2.05) is 0 Å². The monoisotopic (exact) mass is 582 g/mol. The molecule has 2 nitrogen and oxygen atoms in total. The fourth-order valence-electron chi connectivity index (χ4n) is 7.00. The molecule has 0 aliphatic carbocycles. The smallest absolute Gasteiger partial charge is 0.211 e. The molecule has 1 aliphatic heterocycles. The van der Waals surface area contributed by atoms with Crippen molar-refractivity contribution < 1.29 is 4.70 Å². The van der Waals surface area contributed by atoms with Gasteiger partial charge in [0, 0.05) is 22.3 Å². The Balaban J connectivity index is 2.21. The Hall–Kier alpha value is -2.48. The maximum Gasteiger partial charge on any atom is 0.211 e. The minimum atomic E-state index is 0.926. The van der Waals surface area contributed by atoms with Crippen molar-refractivity contribution in [3.05, 3.63) is 85.5 Å². The van der Waals surface area contributed by atoms with Crippen molar-refractivity contribution in [3.8, 4) is 0 Å². The van der Waals surface area contributed by atoms with Crippen LogP contribution in [0.15, 0.2) is 35.4 Å². The highest BCUT2D eigenvalue weighted by molar-refractivity contribution is 5.82. The standard InChI is InChI=1S/C41H62N2/c1-9-14-18-22-33-28-36(29-34(23-19-15-10-2)38(33)24-20-16-11-3)40-37(13-5)39(25-21-17-12-4)41(43(40)42)35-26-30(6)32(8)31(7)27-35/h26-29H,9-25H2,1-8H3. The number of allylic oxidation sites excluding steroid dienone is 2. The Morgan fingerprint density at radius 1 is 0.512 bits per heavy atom. The van der Waals surface area contributed by atoms with Gasteiger partial charge in [0.25, 0.3) is 0 Å². The molecule has 0 amide bonds. The average Bonchev–Trinajstić information content (AvgIpc) is 3.27. The molecule has 0 spiro atoms. The minimum Gasteiger partial charge on any atom is -0.493 e. The van der Waals surface area contributed by atoms with Gasteiger partial charge in [-0.25, -0.2) is 4.70 Å². The van der Waals surface area contributed by atoms with E-state index >= 15 is 0 Å². The zero-order valence-corrected chi connectivity index (χ0v) is 29.2. The number of unbranched alkanes of at least 4 members (excludes halogenated alkanes) is 8. The molecule has 2 aromatic carbocycles. The number of nitrogens with zero attached hydrogens (tertiary/aromatic N) is 2. The predicted molar refractivity (Wildman–Crippen MR) is 189 cm³/mol. The lowest BCUT2D eigenvalue weighted by Crippen LogP contribution is -2.08. The first-order chi connectivity index (χ1) is 20.8. The largest absolute Gasteiger partial charge is 0.493 e. The van der Waals surface area contributed by atoms with E-state index in [4.69, 9.17) is 0 Å². The summed E-state index contributed by atoms with van der Waals surface area (Å²) in [5, 5.41) is 0. The van der Waals surface area contributed by atoms with Crippen molar-refractivity contribution in [2.45, 2.75) is 165 Å². The maximum atomic E-state index is 12.2. The molecule has 1 aliphatic rings. The number of hydrogen-bond acceptors (Lipinski definition) is 0. The third-order valence-electron chi connectivity index (χ3n) is 9.78. The Morgan fingerprint density at radius 2 is 0.930 bits per heavy atom. The van der Waals surface area contributed by atoms with Gasteiger partial charge in [0.15, 0.2) is 0 Å². The third-order valence-corrected chi connectivity index (χ3v) is 9.78. The highest BCUT2D eigenvalue weighted by Crippen LogP contribution is 2.45. The van der Waals surface area contributed by atoms with Gasteiger partial charge in [0.05, 0.1) is 0 Å². The van der Waals surface area contributed by atoms with Gasteiger partial charge in [-0.3, -0.25) is 0 Å². The van der Waals surface area contributed by atoms with Crippen LogP contribution in [0.3, 0.4) is 0 Å². The summed E-state index contributed by atoms with van der Waals surface area (Å²) >= 11 is 0. The predicted octanol–water partition coefficient (Wildman–Crippen LogP) is 13.0. The summed E-state index contributed by atoms with van der Waals surface area (Å²) in [5.41, 5.74) is 27.9. The van der Waals surface area contributed by atoms with E-state index in [2.05, 4.69) is 79.7 Å². The Kier molecular flexibility index (Phi) is 14.4. The zero-order valence-electron chi connectivity index (χ0n) is 29.2. The molecule has 43 heavy (non-hydrogen) atoms. The normalized spacial score (nSPS) is 13.6. The number of aryl methyl sites for hydroxylation is 4. The lowest BCUT2D eigenvalue weighted by molar-refractivity contribution is -0.345. The first kappa shape index (κ1) is 35.0. The van der Waals surface area contributed by atoms with Crippen LogP contribution in [-0.2, 0) is 19.3 Å². The Morgan fingerprint density at radius 3 is 1.40 bits per heavy atom. The van der Waals surface area contributed by atoms with Crippen LogP contribution in [0.25, 0.3) is 16.9 Å². The summed E-state index contributed by atoms with van der Waals surface area (Å²) in [7, 11) is 0. The molecule has 0 fully saturated rings. The summed E-state index contributed by atoms with van der Waals surface area (Å²) in [6.45, 7) is 18.1. The van der Waals surface area contributed by atoms with Crippen molar-refractivity contribution >= 4 is 11.4 Å². The minimum absolute atomic E-state index is 0.926. The second kappa shape index (κ2) is 17.7. The SMILES string of the molecule is CCCCCC1=C(c2cc(C)c(C)c(C)c2)[N+](=[N-])C(c2cc(CCCCC)c(CCCCC)c(CCCCC)c2)=C1CC. The van der Waals surface area contributed by atoms with Crippen LogP contribution in [0.5, 0.6) is 0 Å². The van der Waals surface area contributed by atoms with Gasteiger partial charge in [0.1, 0.15) is 0 Å². The van der Waals surface area contributed by atoms with E-state index in [0.717, 1.165) is 49.1 Å². The molecule has 0 N–H and O–H groups in total. The van der Waals surface area contributed by atoms with E-state index in [0.29, 0.717) is 0 Å². The van der Waals surface area contributed by atoms with Crippen LogP contribution in [-0.4, -0.2) is 4.70 Å².